The molecular formula is C7H16O2. The van der Waals surface area contributed by atoms with Crippen LogP contribution in [0.1, 0.15) is 20.3 Å². The molecule has 0 aliphatic heterocycles. The summed E-state index contributed by atoms with van der Waals surface area (Å²) in [6.07, 6.45) is 1.45. The third kappa shape index (κ3) is 5.80. The fourth-order valence-corrected chi connectivity index (χ4v) is 0.450. The molecule has 0 aromatic heterocycles. The van der Waals surface area contributed by atoms with Gasteiger partial charge in [0.1, 0.15) is 0 Å². The van der Waals surface area contributed by atoms with E-state index in [0.717, 1.165) is 6.42 Å². The number of methoxy groups -OCH3 is 1. The highest BCUT2D eigenvalue weighted by Gasteiger charge is 1.95. The Kier molecular flexibility index (Phi) is 5.99. The predicted octanol–water partition coefficient (Wildman–Crippen LogP) is 1.45. The number of hydrogen-bond acceptors (Lipinski definition) is 2. The zero-order valence-electron chi connectivity index (χ0n) is 6.52. The van der Waals surface area contributed by atoms with Crippen molar-refractivity contribution in [1.29, 1.82) is 0 Å². The smallest absolute Gasteiger partial charge is 0.0703 e. The molecule has 0 radical (unpaired) electrons. The number of rotatable bonds is 5. The van der Waals surface area contributed by atoms with Gasteiger partial charge in [0, 0.05) is 7.11 Å². The van der Waals surface area contributed by atoms with Gasteiger partial charge in [0.2, 0.25) is 0 Å². The van der Waals surface area contributed by atoms with E-state index in [1.165, 1.54) is 0 Å². The Morgan fingerprint density at radius 1 is 1.33 bits per heavy atom. The Bertz CT molecular complexity index is 54.9. The Labute approximate surface area is 57.2 Å². The van der Waals surface area contributed by atoms with Gasteiger partial charge in [-0.25, -0.2) is 0 Å². The third-order valence-electron chi connectivity index (χ3n) is 1.26. The van der Waals surface area contributed by atoms with E-state index in [1.807, 2.05) is 0 Å². The SMILES string of the molecule is CCC(C)OCCOC. The second-order valence-electron chi connectivity index (χ2n) is 2.08. The highest BCUT2D eigenvalue weighted by atomic mass is 16.5. The molecule has 2 heteroatoms. The van der Waals surface area contributed by atoms with Gasteiger partial charge in [0.05, 0.1) is 19.3 Å². The molecular weight excluding hydrogens is 116 g/mol. The van der Waals surface area contributed by atoms with Gasteiger partial charge < -0.3 is 9.47 Å². The fourth-order valence-electron chi connectivity index (χ4n) is 0.450. The van der Waals surface area contributed by atoms with Crippen LogP contribution in [0.25, 0.3) is 0 Å². The van der Waals surface area contributed by atoms with Crippen LogP contribution in [0, 0.1) is 0 Å². The van der Waals surface area contributed by atoms with Crippen LogP contribution < -0.4 is 0 Å². The van der Waals surface area contributed by atoms with Crippen LogP contribution in [-0.4, -0.2) is 26.4 Å². The van der Waals surface area contributed by atoms with Crippen molar-refractivity contribution in [3.8, 4) is 0 Å². The van der Waals surface area contributed by atoms with Crippen molar-refractivity contribution < 1.29 is 9.47 Å². The average Bonchev–Trinajstić information content (AvgIpc) is 1.89. The van der Waals surface area contributed by atoms with E-state index in [-0.39, 0.29) is 0 Å². The zero-order valence-corrected chi connectivity index (χ0v) is 6.52. The summed E-state index contributed by atoms with van der Waals surface area (Å²) in [5.74, 6) is 0. The van der Waals surface area contributed by atoms with Gasteiger partial charge in [0.15, 0.2) is 0 Å². The Balaban J connectivity index is 2.88. The highest BCUT2D eigenvalue weighted by Crippen LogP contribution is 1.93. The first-order chi connectivity index (χ1) is 4.31. The van der Waals surface area contributed by atoms with Gasteiger partial charge in [-0.1, -0.05) is 6.92 Å². The average molecular weight is 132 g/mol. The molecule has 56 valence electrons. The summed E-state index contributed by atoms with van der Waals surface area (Å²) in [7, 11) is 1.68. The number of ether oxygens (including phenoxy) is 2. The van der Waals surface area contributed by atoms with Gasteiger partial charge in [-0.2, -0.15) is 0 Å². The summed E-state index contributed by atoms with van der Waals surface area (Å²) in [5, 5.41) is 0. The molecule has 0 fully saturated rings. The van der Waals surface area contributed by atoms with Gasteiger partial charge in [-0.05, 0) is 13.3 Å². The molecule has 0 heterocycles. The highest BCUT2D eigenvalue weighted by molar-refractivity contribution is 4.42. The van der Waals surface area contributed by atoms with Crippen LogP contribution in [0.15, 0.2) is 0 Å². The van der Waals surface area contributed by atoms with Crippen LogP contribution in [0.4, 0.5) is 0 Å². The summed E-state index contributed by atoms with van der Waals surface area (Å²) in [5.41, 5.74) is 0. The lowest BCUT2D eigenvalue weighted by Crippen LogP contribution is -2.10. The summed E-state index contributed by atoms with van der Waals surface area (Å²) < 4.78 is 10.1. The second kappa shape index (κ2) is 6.05. The summed E-state index contributed by atoms with van der Waals surface area (Å²) in [4.78, 5) is 0. The lowest BCUT2D eigenvalue weighted by Gasteiger charge is -2.08. The Morgan fingerprint density at radius 2 is 2.00 bits per heavy atom. The van der Waals surface area contributed by atoms with Crippen LogP contribution in [0.2, 0.25) is 0 Å². The van der Waals surface area contributed by atoms with Crippen molar-refractivity contribution in [3.63, 3.8) is 0 Å². The summed E-state index contributed by atoms with van der Waals surface area (Å²) in [6, 6.07) is 0. The molecule has 1 atom stereocenters. The molecule has 0 spiro atoms. The molecule has 0 bridgehead atoms. The molecule has 2 nitrogen and oxygen atoms in total. The minimum atomic E-state index is 0.375. The van der Waals surface area contributed by atoms with Crippen molar-refractivity contribution in [2.24, 2.45) is 0 Å². The molecule has 1 unspecified atom stereocenters. The van der Waals surface area contributed by atoms with Gasteiger partial charge >= 0.3 is 0 Å². The maximum atomic E-state index is 5.31. The second-order valence-corrected chi connectivity index (χ2v) is 2.08. The Hall–Kier alpha value is -0.0800. The van der Waals surface area contributed by atoms with Crippen LogP contribution in [0.5, 0.6) is 0 Å². The molecule has 0 saturated heterocycles. The largest absolute Gasteiger partial charge is 0.382 e. The van der Waals surface area contributed by atoms with E-state index in [2.05, 4.69) is 13.8 Å². The van der Waals surface area contributed by atoms with Crippen LogP contribution >= 0.6 is 0 Å². The summed E-state index contributed by atoms with van der Waals surface area (Å²) >= 11 is 0. The van der Waals surface area contributed by atoms with Crippen molar-refractivity contribution in [3.05, 3.63) is 0 Å². The topological polar surface area (TPSA) is 18.5 Å². The van der Waals surface area contributed by atoms with E-state index in [1.54, 1.807) is 7.11 Å². The van der Waals surface area contributed by atoms with Gasteiger partial charge in [-0.15, -0.1) is 0 Å². The first-order valence-electron chi connectivity index (χ1n) is 3.41. The molecule has 0 aromatic rings. The molecule has 0 saturated carbocycles. The van der Waals surface area contributed by atoms with Crippen molar-refractivity contribution in [1.82, 2.24) is 0 Å². The summed E-state index contributed by atoms with van der Waals surface area (Å²) in [6.45, 7) is 5.59. The van der Waals surface area contributed by atoms with Gasteiger partial charge in [0.25, 0.3) is 0 Å². The number of hydrogen-bond donors (Lipinski definition) is 0. The minimum absolute atomic E-state index is 0.375. The quantitative estimate of drug-likeness (QED) is 0.527. The van der Waals surface area contributed by atoms with Crippen molar-refractivity contribution >= 4 is 0 Å². The standard InChI is InChI=1S/C7H16O2/c1-4-7(2)9-6-5-8-3/h7H,4-6H2,1-3H3. The van der Waals surface area contributed by atoms with Crippen molar-refractivity contribution in [2.45, 2.75) is 26.4 Å². The molecule has 0 rings (SSSR count). The lowest BCUT2D eigenvalue weighted by molar-refractivity contribution is 0.0248. The zero-order chi connectivity index (χ0) is 7.11. The predicted molar refractivity (Wildman–Crippen MR) is 37.6 cm³/mol. The van der Waals surface area contributed by atoms with E-state index in [0.29, 0.717) is 19.3 Å². The molecule has 0 aliphatic rings. The normalized spacial score (nSPS) is 13.7. The van der Waals surface area contributed by atoms with E-state index >= 15 is 0 Å². The first kappa shape index (κ1) is 8.92. The van der Waals surface area contributed by atoms with E-state index in [4.69, 9.17) is 9.47 Å². The molecule has 9 heavy (non-hydrogen) atoms. The van der Waals surface area contributed by atoms with Gasteiger partial charge in [-0.3, -0.25) is 0 Å². The van der Waals surface area contributed by atoms with Crippen LogP contribution in [-0.2, 0) is 9.47 Å². The Morgan fingerprint density at radius 3 is 2.44 bits per heavy atom. The van der Waals surface area contributed by atoms with E-state index < -0.39 is 0 Å². The molecule has 0 aromatic carbocycles. The molecule has 0 N–H and O–H groups in total. The third-order valence-corrected chi connectivity index (χ3v) is 1.26. The van der Waals surface area contributed by atoms with Crippen molar-refractivity contribution in [2.75, 3.05) is 20.3 Å². The minimum Gasteiger partial charge on any atom is -0.382 e. The first-order valence-corrected chi connectivity index (χ1v) is 3.41. The lowest BCUT2D eigenvalue weighted by atomic mass is 10.3. The molecule has 0 aliphatic carbocycles. The van der Waals surface area contributed by atoms with Crippen LogP contribution in [0.3, 0.4) is 0 Å². The maximum Gasteiger partial charge on any atom is 0.0703 e. The molecule has 0 amide bonds. The fraction of sp³-hybridized carbons (Fsp3) is 1.00. The monoisotopic (exact) mass is 132 g/mol. The maximum absolute atomic E-state index is 5.31. The van der Waals surface area contributed by atoms with E-state index in [9.17, 15) is 0 Å².